The van der Waals surface area contributed by atoms with Crippen LogP contribution >= 0.6 is 11.3 Å². The average molecular weight is 559 g/mol. The molecule has 2 fully saturated rings. The van der Waals surface area contributed by atoms with Gasteiger partial charge in [0.25, 0.3) is 0 Å². The van der Waals surface area contributed by atoms with Crippen LogP contribution in [-0.4, -0.2) is 88.8 Å². The van der Waals surface area contributed by atoms with Gasteiger partial charge in [-0.2, -0.15) is 26.3 Å². The predicted molar refractivity (Wildman–Crippen MR) is 119 cm³/mol. The van der Waals surface area contributed by atoms with E-state index in [-0.39, 0.29) is 5.41 Å². The highest BCUT2D eigenvalue weighted by molar-refractivity contribution is 7.09. The zero-order chi connectivity index (χ0) is 27.7. The van der Waals surface area contributed by atoms with Gasteiger partial charge in [-0.3, -0.25) is 4.90 Å². The molecule has 4 heterocycles. The van der Waals surface area contributed by atoms with E-state index < -0.39 is 24.3 Å². The highest BCUT2D eigenvalue weighted by Gasteiger charge is 2.42. The summed E-state index contributed by atoms with van der Waals surface area (Å²) in [5.74, 6) is -4.43. The van der Waals surface area contributed by atoms with Crippen molar-refractivity contribution >= 4 is 29.1 Å². The van der Waals surface area contributed by atoms with Gasteiger partial charge in [0, 0.05) is 49.4 Å². The SMILES string of the molecule is O=C(O)C(F)(F)F.O=C(O)C(F)(F)F.c1ccc(N2CCC3(COCCN(Cc4nccs4)C3)C2)nc1. The number of thiazole rings is 1. The minimum Gasteiger partial charge on any atom is -0.475 e. The summed E-state index contributed by atoms with van der Waals surface area (Å²) in [6.07, 6.45) is -5.24. The van der Waals surface area contributed by atoms with Crippen LogP contribution in [0.4, 0.5) is 32.2 Å². The Morgan fingerprint density at radius 1 is 1.00 bits per heavy atom. The first kappa shape index (κ1) is 30.2. The average Bonchev–Trinajstić information content (AvgIpc) is 3.42. The molecule has 4 rings (SSSR count). The standard InChI is InChI=1S/C17H22N4OS.2C2HF3O2/c1-2-5-18-15(3-1)21-7-4-17(13-21)12-20(8-9-22-14-17)11-16-19-6-10-23-16;2*3-2(4,5)1(6)7/h1-3,5-6,10H,4,7-9,11-14H2;2*(H,6,7). The number of carboxylic acid groups (broad SMARTS) is 2. The molecule has 0 bridgehead atoms. The van der Waals surface area contributed by atoms with E-state index in [1.165, 1.54) is 5.01 Å². The Balaban J connectivity index is 0.000000286. The third-order valence-electron chi connectivity index (χ3n) is 5.26. The molecule has 16 heteroatoms. The normalized spacial score (nSPS) is 20.3. The van der Waals surface area contributed by atoms with Crippen LogP contribution in [0.15, 0.2) is 36.0 Å². The van der Waals surface area contributed by atoms with Crippen molar-refractivity contribution in [1.29, 1.82) is 0 Å². The van der Waals surface area contributed by atoms with Crippen LogP contribution in [0.2, 0.25) is 0 Å². The molecule has 1 unspecified atom stereocenters. The number of hydrogen-bond donors (Lipinski definition) is 2. The van der Waals surface area contributed by atoms with Crippen molar-refractivity contribution in [2.24, 2.45) is 5.41 Å². The molecule has 1 atom stereocenters. The monoisotopic (exact) mass is 558 g/mol. The van der Waals surface area contributed by atoms with Gasteiger partial charge in [0.1, 0.15) is 10.8 Å². The number of ether oxygens (including phenoxy) is 1. The van der Waals surface area contributed by atoms with Gasteiger partial charge >= 0.3 is 24.3 Å². The lowest BCUT2D eigenvalue weighted by Crippen LogP contribution is -2.40. The summed E-state index contributed by atoms with van der Waals surface area (Å²) >= 11 is 1.74. The summed E-state index contributed by atoms with van der Waals surface area (Å²) in [5, 5.41) is 17.5. The molecule has 2 N–H and O–H groups in total. The van der Waals surface area contributed by atoms with Crippen molar-refractivity contribution in [3.8, 4) is 0 Å². The van der Waals surface area contributed by atoms with E-state index in [0.29, 0.717) is 0 Å². The van der Waals surface area contributed by atoms with E-state index in [0.717, 1.165) is 58.2 Å². The Kier molecular flexibility index (Phi) is 10.6. The highest BCUT2D eigenvalue weighted by Crippen LogP contribution is 2.35. The van der Waals surface area contributed by atoms with Gasteiger partial charge in [-0.15, -0.1) is 11.3 Å². The Morgan fingerprint density at radius 3 is 2.16 bits per heavy atom. The summed E-state index contributed by atoms with van der Waals surface area (Å²) in [7, 11) is 0. The van der Waals surface area contributed by atoms with Gasteiger partial charge in [0.05, 0.1) is 19.8 Å². The van der Waals surface area contributed by atoms with Crippen molar-refractivity contribution < 1.29 is 50.9 Å². The highest BCUT2D eigenvalue weighted by atomic mass is 32.1. The van der Waals surface area contributed by atoms with Gasteiger partial charge in [0.15, 0.2) is 0 Å². The number of halogens is 6. The van der Waals surface area contributed by atoms with Gasteiger partial charge in [-0.25, -0.2) is 19.6 Å². The molecule has 206 valence electrons. The van der Waals surface area contributed by atoms with Gasteiger partial charge in [0.2, 0.25) is 0 Å². The molecule has 0 amide bonds. The maximum Gasteiger partial charge on any atom is 0.490 e. The first-order valence-electron chi connectivity index (χ1n) is 10.7. The molecule has 0 saturated carbocycles. The smallest absolute Gasteiger partial charge is 0.475 e. The largest absolute Gasteiger partial charge is 0.490 e. The molecule has 2 aromatic heterocycles. The number of aromatic nitrogens is 2. The number of alkyl halides is 6. The molecule has 0 radical (unpaired) electrons. The molecule has 2 aromatic rings. The van der Waals surface area contributed by atoms with Crippen LogP contribution in [0, 0.1) is 5.41 Å². The Hall–Kier alpha value is -2.98. The lowest BCUT2D eigenvalue weighted by Gasteiger charge is -2.31. The molecule has 9 nitrogen and oxygen atoms in total. The van der Waals surface area contributed by atoms with Gasteiger partial charge < -0.3 is 19.8 Å². The van der Waals surface area contributed by atoms with Gasteiger partial charge in [-0.05, 0) is 18.6 Å². The summed E-state index contributed by atoms with van der Waals surface area (Å²) in [6, 6.07) is 6.13. The molecule has 2 aliphatic rings. The van der Waals surface area contributed by atoms with E-state index in [1.54, 1.807) is 11.3 Å². The van der Waals surface area contributed by atoms with Crippen molar-refractivity contribution in [3.05, 3.63) is 41.0 Å². The third kappa shape index (κ3) is 10.1. The summed E-state index contributed by atoms with van der Waals surface area (Å²) in [4.78, 5) is 31.6. The summed E-state index contributed by atoms with van der Waals surface area (Å²) < 4.78 is 69.4. The number of aliphatic carboxylic acids is 2. The number of hydrogen-bond acceptors (Lipinski definition) is 8. The van der Waals surface area contributed by atoms with E-state index in [1.807, 2.05) is 18.5 Å². The van der Waals surface area contributed by atoms with Crippen molar-refractivity contribution in [2.75, 3.05) is 44.3 Å². The molecule has 2 aliphatic heterocycles. The van der Waals surface area contributed by atoms with E-state index in [4.69, 9.17) is 24.5 Å². The van der Waals surface area contributed by atoms with Crippen LogP contribution in [0.1, 0.15) is 11.4 Å². The lowest BCUT2D eigenvalue weighted by atomic mass is 9.87. The second kappa shape index (κ2) is 13.0. The number of carboxylic acids is 2. The van der Waals surface area contributed by atoms with Crippen LogP contribution in [0.5, 0.6) is 0 Å². The summed E-state index contributed by atoms with van der Waals surface area (Å²) in [6.45, 7) is 6.76. The van der Waals surface area contributed by atoms with Crippen LogP contribution in [-0.2, 0) is 20.9 Å². The van der Waals surface area contributed by atoms with Crippen molar-refractivity contribution in [3.63, 3.8) is 0 Å². The lowest BCUT2D eigenvalue weighted by molar-refractivity contribution is -0.193. The number of nitrogens with zero attached hydrogens (tertiary/aromatic N) is 4. The van der Waals surface area contributed by atoms with E-state index >= 15 is 0 Å². The maximum atomic E-state index is 10.6. The fourth-order valence-electron chi connectivity index (χ4n) is 3.66. The third-order valence-corrected chi connectivity index (χ3v) is 6.02. The first-order chi connectivity index (χ1) is 17.2. The van der Waals surface area contributed by atoms with Gasteiger partial charge in [-0.1, -0.05) is 6.07 Å². The zero-order valence-corrected chi connectivity index (χ0v) is 20.0. The van der Waals surface area contributed by atoms with E-state index in [9.17, 15) is 26.3 Å². The fraction of sp³-hybridized carbons (Fsp3) is 0.524. The number of carbonyl (C=O) groups is 2. The molecule has 2 saturated heterocycles. The second-order valence-corrected chi connectivity index (χ2v) is 9.13. The minimum absolute atomic E-state index is 0.214. The van der Waals surface area contributed by atoms with Crippen LogP contribution in [0.25, 0.3) is 0 Å². The van der Waals surface area contributed by atoms with E-state index in [2.05, 4.69) is 37.3 Å². The molecule has 0 aliphatic carbocycles. The predicted octanol–water partition coefficient (Wildman–Crippen LogP) is 3.53. The molecule has 0 aromatic carbocycles. The maximum absolute atomic E-state index is 10.6. The topological polar surface area (TPSA) is 116 Å². The summed E-state index contributed by atoms with van der Waals surface area (Å²) in [5.41, 5.74) is 0.214. The minimum atomic E-state index is -5.08. The number of pyridine rings is 1. The molecule has 37 heavy (non-hydrogen) atoms. The molecule has 1 spiro atoms. The number of anilines is 1. The Labute approximate surface area is 211 Å². The van der Waals surface area contributed by atoms with Crippen LogP contribution < -0.4 is 4.90 Å². The number of rotatable bonds is 3. The van der Waals surface area contributed by atoms with Crippen LogP contribution in [0.3, 0.4) is 0 Å². The zero-order valence-electron chi connectivity index (χ0n) is 19.2. The molecular weight excluding hydrogens is 534 g/mol. The first-order valence-corrected chi connectivity index (χ1v) is 11.5. The fourth-order valence-corrected chi connectivity index (χ4v) is 4.31. The quantitative estimate of drug-likeness (QED) is 0.546. The Morgan fingerprint density at radius 2 is 1.65 bits per heavy atom. The van der Waals surface area contributed by atoms with Crippen molar-refractivity contribution in [1.82, 2.24) is 14.9 Å². The molecular formula is C21H24F6N4O5S. The van der Waals surface area contributed by atoms with Crippen molar-refractivity contribution in [2.45, 2.75) is 25.3 Å². The second-order valence-electron chi connectivity index (χ2n) is 8.15. The Bertz CT molecular complexity index is 970.